The van der Waals surface area contributed by atoms with Crippen molar-refractivity contribution in [3.8, 4) is 0 Å². The Balaban J connectivity index is 4.35. The number of nitrogens with one attached hydrogen (secondary N) is 2. The van der Waals surface area contributed by atoms with Gasteiger partial charge in [-0.1, -0.05) is 0 Å². The van der Waals surface area contributed by atoms with Crippen molar-refractivity contribution in [1.29, 1.82) is 0 Å². The van der Waals surface area contributed by atoms with Crippen LogP contribution in [0.3, 0.4) is 0 Å². The van der Waals surface area contributed by atoms with Gasteiger partial charge in [-0.3, -0.25) is 19.2 Å². The van der Waals surface area contributed by atoms with E-state index in [0.29, 0.717) is 0 Å². The van der Waals surface area contributed by atoms with Crippen molar-refractivity contribution in [2.24, 2.45) is 5.73 Å². The van der Waals surface area contributed by atoms with Gasteiger partial charge in [-0.05, 0) is 12.7 Å². The van der Waals surface area contributed by atoms with Gasteiger partial charge in [0.2, 0.25) is 11.8 Å². The van der Waals surface area contributed by atoms with Gasteiger partial charge < -0.3 is 26.6 Å². The number of thioether (sulfide) groups is 1. The molecule has 1 unspecified atom stereocenters. The second kappa shape index (κ2) is 10.00. The van der Waals surface area contributed by atoms with E-state index in [1.165, 1.54) is 11.8 Å². The Morgan fingerprint density at radius 1 is 1.24 bits per heavy atom. The summed E-state index contributed by atoms with van der Waals surface area (Å²) in [4.78, 5) is 44.2. The van der Waals surface area contributed by atoms with Crippen molar-refractivity contribution < 1.29 is 29.4 Å². The Hall–Kier alpha value is -1.81. The van der Waals surface area contributed by atoms with Gasteiger partial charge in [0.05, 0.1) is 0 Å². The summed E-state index contributed by atoms with van der Waals surface area (Å²) in [5.74, 6) is -3.26. The number of carboxylic acids is 2. The van der Waals surface area contributed by atoms with Crippen LogP contribution in [0, 0.1) is 0 Å². The molecule has 0 aromatic heterocycles. The first kappa shape index (κ1) is 19.2. The molecule has 2 atom stereocenters. The standard InChI is InChI=1S/C11H19N3O6S/c1-21-5-7(10(18)13-4-9(16)17)14-8(15)3-2-6(12)11(19)20/h6-7H,2-5,12H2,1H3,(H,13,18)(H,14,15)(H,16,17)(H,19,20)/t6?,7-/m0/s1. The third-order valence-corrected chi connectivity index (χ3v) is 3.07. The summed E-state index contributed by atoms with van der Waals surface area (Å²) in [6, 6.07) is -2.02. The number of amides is 2. The fraction of sp³-hybridized carbons (Fsp3) is 0.636. The molecule has 0 aliphatic heterocycles. The number of nitrogens with two attached hydrogens (primary N) is 1. The smallest absolute Gasteiger partial charge is 0.322 e. The van der Waals surface area contributed by atoms with Gasteiger partial charge in [-0.15, -0.1) is 0 Å². The van der Waals surface area contributed by atoms with Crippen LogP contribution in [0.5, 0.6) is 0 Å². The quantitative estimate of drug-likeness (QED) is 0.316. The highest BCUT2D eigenvalue weighted by atomic mass is 32.2. The minimum atomic E-state index is -1.21. The first-order chi connectivity index (χ1) is 9.77. The van der Waals surface area contributed by atoms with Gasteiger partial charge in [0.1, 0.15) is 18.6 Å². The molecular formula is C11H19N3O6S. The van der Waals surface area contributed by atoms with Gasteiger partial charge in [0, 0.05) is 12.2 Å². The number of carbonyl (C=O) groups is 4. The zero-order valence-electron chi connectivity index (χ0n) is 11.5. The molecule has 120 valence electrons. The van der Waals surface area contributed by atoms with Gasteiger partial charge in [-0.2, -0.15) is 11.8 Å². The lowest BCUT2D eigenvalue weighted by atomic mass is 10.1. The molecule has 9 nitrogen and oxygen atoms in total. The second-order valence-electron chi connectivity index (χ2n) is 4.17. The molecule has 0 bridgehead atoms. The molecule has 0 saturated carbocycles. The van der Waals surface area contributed by atoms with Crippen molar-refractivity contribution in [3.63, 3.8) is 0 Å². The van der Waals surface area contributed by atoms with E-state index in [1.807, 2.05) is 0 Å². The van der Waals surface area contributed by atoms with Gasteiger partial charge in [-0.25, -0.2) is 0 Å². The highest BCUT2D eigenvalue weighted by Gasteiger charge is 2.21. The lowest BCUT2D eigenvalue weighted by molar-refractivity contribution is -0.139. The predicted molar refractivity (Wildman–Crippen MR) is 75.8 cm³/mol. The lowest BCUT2D eigenvalue weighted by Crippen LogP contribution is -2.49. The largest absolute Gasteiger partial charge is 0.480 e. The Kier molecular flexibility index (Phi) is 9.13. The Bertz CT molecular complexity index is 403. The first-order valence-electron chi connectivity index (χ1n) is 6.04. The van der Waals surface area contributed by atoms with Crippen molar-refractivity contribution >= 4 is 35.5 Å². The summed E-state index contributed by atoms with van der Waals surface area (Å²) >= 11 is 1.30. The second-order valence-corrected chi connectivity index (χ2v) is 5.08. The lowest BCUT2D eigenvalue weighted by Gasteiger charge is -2.17. The molecule has 0 aromatic rings. The summed E-state index contributed by atoms with van der Waals surface area (Å²) in [7, 11) is 0. The van der Waals surface area contributed by atoms with Crippen LogP contribution in [0.1, 0.15) is 12.8 Å². The molecule has 0 rings (SSSR count). The van der Waals surface area contributed by atoms with Crippen LogP contribution in [-0.4, -0.2) is 64.6 Å². The van der Waals surface area contributed by atoms with E-state index in [2.05, 4.69) is 10.6 Å². The summed E-state index contributed by atoms with van der Waals surface area (Å²) in [6.45, 7) is -0.538. The molecular weight excluding hydrogens is 302 g/mol. The minimum absolute atomic E-state index is 0.0517. The highest BCUT2D eigenvalue weighted by molar-refractivity contribution is 7.98. The summed E-state index contributed by atoms with van der Waals surface area (Å²) in [5.41, 5.74) is 5.27. The number of carboxylic acid groups (broad SMARTS) is 2. The topological polar surface area (TPSA) is 159 Å². The Morgan fingerprint density at radius 3 is 2.33 bits per heavy atom. The van der Waals surface area contributed by atoms with E-state index in [9.17, 15) is 19.2 Å². The molecule has 2 amide bonds. The van der Waals surface area contributed by atoms with Crippen LogP contribution < -0.4 is 16.4 Å². The molecule has 0 aliphatic rings. The molecule has 21 heavy (non-hydrogen) atoms. The van der Waals surface area contributed by atoms with E-state index in [-0.39, 0.29) is 18.6 Å². The van der Waals surface area contributed by atoms with Crippen molar-refractivity contribution in [1.82, 2.24) is 10.6 Å². The average molecular weight is 321 g/mol. The van der Waals surface area contributed by atoms with E-state index in [4.69, 9.17) is 15.9 Å². The zero-order chi connectivity index (χ0) is 16.4. The van der Waals surface area contributed by atoms with Gasteiger partial charge in [0.15, 0.2) is 0 Å². The highest BCUT2D eigenvalue weighted by Crippen LogP contribution is 2.00. The number of aliphatic carboxylic acids is 2. The summed E-state index contributed by atoms with van der Waals surface area (Å²) in [6.07, 6.45) is 1.54. The Morgan fingerprint density at radius 2 is 1.86 bits per heavy atom. The molecule has 0 radical (unpaired) electrons. The fourth-order valence-corrected chi connectivity index (χ4v) is 1.88. The maximum Gasteiger partial charge on any atom is 0.322 e. The SMILES string of the molecule is CSC[C@H](NC(=O)CCC(N)C(=O)O)C(=O)NCC(=O)O. The molecule has 0 fully saturated rings. The molecule has 0 aliphatic carbocycles. The van der Waals surface area contributed by atoms with Gasteiger partial charge >= 0.3 is 11.9 Å². The maximum absolute atomic E-state index is 11.7. The van der Waals surface area contributed by atoms with Crippen molar-refractivity contribution in [2.75, 3.05) is 18.6 Å². The van der Waals surface area contributed by atoms with Crippen LogP contribution in [0.25, 0.3) is 0 Å². The Labute approximate surface area is 125 Å². The van der Waals surface area contributed by atoms with E-state index in [0.717, 1.165) is 0 Å². The van der Waals surface area contributed by atoms with Crippen LogP contribution in [0.15, 0.2) is 0 Å². The molecule has 6 N–H and O–H groups in total. The third-order valence-electron chi connectivity index (χ3n) is 2.40. The van der Waals surface area contributed by atoms with Crippen LogP contribution >= 0.6 is 11.8 Å². The number of hydrogen-bond acceptors (Lipinski definition) is 6. The zero-order valence-corrected chi connectivity index (χ0v) is 12.3. The van der Waals surface area contributed by atoms with E-state index < -0.39 is 42.4 Å². The van der Waals surface area contributed by atoms with Gasteiger partial charge in [0.25, 0.3) is 0 Å². The molecule has 0 saturated heterocycles. The minimum Gasteiger partial charge on any atom is -0.480 e. The summed E-state index contributed by atoms with van der Waals surface area (Å²) in [5, 5.41) is 21.7. The van der Waals surface area contributed by atoms with Crippen molar-refractivity contribution in [2.45, 2.75) is 24.9 Å². The van der Waals surface area contributed by atoms with E-state index in [1.54, 1.807) is 6.26 Å². The van der Waals surface area contributed by atoms with Crippen LogP contribution in [0.2, 0.25) is 0 Å². The van der Waals surface area contributed by atoms with Crippen LogP contribution in [0.4, 0.5) is 0 Å². The normalized spacial score (nSPS) is 13.0. The van der Waals surface area contributed by atoms with E-state index >= 15 is 0 Å². The molecule has 0 spiro atoms. The monoisotopic (exact) mass is 321 g/mol. The molecule has 0 heterocycles. The number of rotatable bonds is 10. The maximum atomic E-state index is 11.7. The molecule has 10 heteroatoms. The average Bonchev–Trinajstić information content (AvgIpc) is 2.41. The van der Waals surface area contributed by atoms with Crippen molar-refractivity contribution in [3.05, 3.63) is 0 Å². The number of carbonyl (C=O) groups excluding carboxylic acids is 2. The third kappa shape index (κ3) is 8.87. The summed E-state index contributed by atoms with van der Waals surface area (Å²) < 4.78 is 0. The molecule has 0 aromatic carbocycles. The fourth-order valence-electron chi connectivity index (χ4n) is 1.31. The predicted octanol–water partition coefficient (Wildman–Crippen LogP) is -1.77. The van der Waals surface area contributed by atoms with Crippen LogP contribution in [-0.2, 0) is 19.2 Å². The first-order valence-corrected chi connectivity index (χ1v) is 7.43. The number of hydrogen-bond donors (Lipinski definition) is 5.